The van der Waals surface area contributed by atoms with Crippen molar-refractivity contribution in [1.29, 1.82) is 0 Å². The molecule has 0 saturated carbocycles. The van der Waals surface area contributed by atoms with E-state index in [2.05, 4.69) is 10.2 Å². The molecule has 7 nitrogen and oxygen atoms in total. The van der Waals surface area contributed by atoms with Crippen LogP contribution in [0.1, 0.15) is 26.3 Å². The van der Waals surface area contributed by atoms with E-state index in [9.17, 15) is 14.7 Å². The van der Waals surface area contributed by atoms with Crippen molar-refractivity contribution in [3.05, 3.63) is 65.2 Å². The molecule has 0 atom stereocenters. The molecule has 2 aromatic carbocycles. The molecule has 1 aromatic heterocycles. The van der Waals surface area contributed by atoms with Crippen LogP contribution in [-0.2, 0) is 16.1 Å². The lowest BCUT2D eigenvalue weighted by atomic mass is 10.1. The first-order valence-electron chi connectivity index (χ1n) is 10.9. The van der Waals surface area contributed by atoms with Crippen LogP contribution in [0.15, 0.2) is 48.5 Å². The quantitative estimate of drug-likeness (QED) is 0.543. The lowest BCUT2D eigenvalue weighted by Gasteiger charge is -2.26. The smallest absolute Gasteiger partial charge is 0.338 e. The zero-order chi connectivity index (χ0) is 22.8. The summed E-state index contributed by atoms with van der Waals surface area (Å²) >= 11 is 1.58. The standard InChI is InChI=1S/C25H24N2O5S/c28-21-14-17(2-4-20(21)24(29)26-7-8-27-9-11-31-12-10-27)23-6-5-22(33-23)16-1-3-19-18(13-16)15-32-25(19)30/h1-6,13-14,28H,7-12,15H2,(H,26,29). The maximum absolute atomic E-state index is 12.5. The highest BCUT2D eigenvalue weighted by atomic mass is 32.1. The molecule has 1 saturated heterocycles. The SMILES string of the molecule is O=C(NCCN1CCOCC1)c1ccc(-c2ccc(-c3ccc4c(c3)COC4=O)s2)cc1O. The zero-order valence-electron chi connectivity index (χ0n) is 18.0. The van der Waals surface area contributed by atoms with Gasteiger partial charge in [-0.3, -0.25) is 9.69 Å². The Bertz CT molecular complexity index is 1200. The second kappa shape index (κ2) is 9.35. The summed E-state index contributed by atoms with van der Waals surface area (Å²) in [4.78, 5) is 28.5. The summed E-state index contributed by atoms with van der Waals surface area (Å²) in [5, 5.41) is 13.4. The molecule has 0 unspecified atom stereocenters. The first-order chi connectivity index (χ1) is 16.1. The number of nitrogens with zero attached hydrogens (tertiary/aromatic N) is 1. The van der Waals surface area contributed by atoms with Crippen LogP contribution in [-0.4, -0.2) is 61.3 Å². The molecule has 170 valence electrons. The number of thiophene rings is 1. The highest BCUT2D eigenvalue weighted by Crippen LogP contribution is 2.37. The fourth-order valence-electron chi connectivity index (χ4n) is 4.06. The minimum Gasteiger partial charge on any atom is -0.507 e. The number of phenols is 1. The third kappa shape index (κ3) is 4.64. The second-order valence-electron chi connectivity index (χ2n) is 8.05. The zero-order valence-corrected chi connectivity index (χ0v) is 18.8. The number of rotatable bonds is 6. The molecule has 8 heteroatoms. The number of cyclic esters (lactones) is 1. The third-order valence-corrected chi connectivity index (χ3v) is 7.10. The Hall–Kier alpha value is -3.20. The van der Waals surface area contributed by atoms with E-state index in [-0.39, 0.29) is 23.2 Å². The minimum atomic E-state index is -0.283. The van der Waals surface area contributed by atoms with Gasteiger partial charge in [0.15, 0.2) is 0 Å². The van der Waals surface area contributed by atoms with Crippen molar-refractivity contribution in [1.82, 2.24) is 10.2 Å². The monoisotopic (exact) mass is 464 g/mol. The van der Waals surface area contributed by atoms with Crippen LogP contribution in [0.3, 0.4) is 0 Å². The Morgan fingerprint density at radius 1 is 1.03 bits per heavy atom. The molecular formula is C25H24N2O5S. The third-order valence-electron chi connectivity index (χ3n) is 5.92. The van der Waals surface area contributed by atoms with E-state index < -0.39 is 0 Å². The molecule has 2 aliphatic rings. The van der Waals surface area contributed by atoms with Crippen LogP contribution in [0.4, 0.5) is 0 Å². The van der Waals surface area contributed by atoms with E-state index in [1.807, 2.05) is 30.3 Å². The Labute approximate surface area is 195 Å². The first kappa shape index (κ1) is 21.6. The van der Waals surface area contributed by atoms with Crippen LogP contribution in [0.25, 0.3) is 20.9 Å². The van der Waals surface area contributed by atoms with E-state index in [1.165, 1.54) is 0 Å². The average molecular weight is 465 g/mol. The molecule has 0 bridgehead atoms. The van der Waals surface area contributed by atoms with Gasteiger partial charge in [0.25, 0.3) is 5.91 Å². The molecule has 1 amide bonds. The molecule has 0 radical (unpaired) electrons. The summed E-state index contributed by atoms with van der Waals surface area (Å²) in [6.07, 6.45) is 0. The number of hydrogen-bond acceptors (Lipinski definition) is 7. The molecule has 3 aromatic rings. The van der Waals surface area contributed by atoms with Crippen LogP contribution in [0.5, 0.6) is 5.75 Å². The van der Waals surface area contributed by atoms with Crippen molar-refractivity contribution in [2.24, 2.45) is 0 Å². The van der Waals surface area contributed by atoms with E-state index in [1.54, 1.807) is 29.5 Å². The number of nitrogens with one attached hydrogen (secondary N) is 1. The van der Waals surface area contributed by atoms with Gasteiger partial charge in [-0.25, -0.2) is 4.79 Å². The fourth-order valence-corrected chi connectivity index (χ4v) is 5.06. The second-order valence-corrected chi connectivity index (χ2v) is 9.14. The Morgan fingerprint density at radius 3 is 2.52 bits per heavy atom. The van der Waals surface area contributed by atoms with Gasteiger partial charge in [-0.1, -0.05) is 12.1 Å². The molecule has 3 heterocycles. The van der Waals surface area contributed by atoms with Gasteiger partial charge in [0.2, 0.25) is 0 Å². The summed E-state index contributed by atoms with van der Waals surface area (Å²) in [6, 6.07) is 14.8. The van der Waals surface area contributed by atoms with Crippen molar-refractivity contribution in [3.8, 4) is 26.6 Å². The fraction of sp³-hybridized carbons (Fsp3) is 0.280. The van der Waals surface area contributed by atoms with Crippen molar-refractivity contribution in [2.75, 3.05) is 39.4 Å². The number of phenolic OH excluding ortho intramolecular Hbond substituents is 1. The summed E-state index contributed by atoms with van der Waals surface area (Å²) < 4.78 is 10.4. The summed E-state index contributed by atoms with van der Waals surface area (Å²) in [5.41, 5.74) is 3.64. The molecule has 5 rings (SSSR count). The number of amides is 1. The van der Waals surface area contributed by atoms with Gasteiger partial charge in [0.05, 0.1) is 24.3 Å². The Balaban J connectivity index is 1.25. The number of carbonyl (C=O) groups excluding carboxylic acids is 2. The predicted octanol–water partition coefficient (Wildman–Crippen LogP) is 3.52. The highest BCUT2D eigenvalue weighted by molar-refractivity contribution is 7.18. The van der Waals surface area contributed by atoms with Crippen molar-refractivity contribution in [2.45, 2.75) is 6.61 Å². The number of fused-ring (bicyclic) bond motifs is 1. The van der Waals surface area contributed by atoms with Crippen LogP contribution < -0.4 is 5.32 Å². The largest absolute Gasteiger partial charge is 0.507 e. The molecule has 2 aliphatic heterocycles. The first-order valence-corrected chi connectivity index (χ1v) is 11.7. The number of carbonyl (C=O) groups is 2. The van der Waals surface area contributed by atoms with Gasteiger partial charge in [0, 0.05) is 41.5 Å². The molecule has 1 fully saturated rings. The van der Waals surface area contributed by atoms with Crippen LogP contribution >= 0.6 is 11.3 Å². The highest BCUT2D eigenvalue weighted by Gasteiger charge is 2.21. The Morgan fingerprint density at radius 2 is 1.76 bits per heavy atom. The van der Waals surface area contributed by atoms with Crippen molar-refractivity contribution >= 4 is 23.2 Å². The van der Waals surface area contributed by atoms with E-state index in [4.69, 9.17) is 9.47 Å². The molecule has 2 N–H and O–H groups in total. The van der Waals surface area contributed by atoms with Crippen LogP contribution in [0, 0.1) is 0 Å². The summed E-state index contributed by atoms with van der Waals surface area (Å²) in [6.45, 7) is 4.78. The minimum absolute atomic E-state index is 0.0421. The van der Waals surface area contributed by atoms with Crippen molar-refractivity contribution in [3.63, 3.8) is 0 Å². The number of esters is 1. The number of ether oxygens (including phenoxy) is 2. The lowest BCUT2D eigenvalue weighted by Crippen LogP contribution is -2.41. The van der Waals surface area contributed by atoms with E-state index in [0.717, 1.165) is 59.3 Å². The van der Waals surface area contributed by atoms with Crippen molar-refractivity contribution < 1.29 is 24.2 Å². The van der Waals surface area contributed by atoms with Gasteiger partial charge in [-0.15, -0.1) is 11.3 Å². The average Bonchev–Trinajstić information content (AvgIpc) is 3.47. The van der Waals surface area contributed by atoms with Gasteiger partial charge in [0.1, 0.15) is 12.4 Å². The van der Waals surface area contributed by atoms with Gasteiger partial charge < -0.3 is 19.9 Å². The molecule has 0 spiro atoms. The molecule has 33 heavy (non-hydrogen) atoms. The van der Waals surface area contributed by atoms with Gasteiger partial charge in [-0.05, 0) is 47.5 Å². The van der Waals surface area contributed by atoms with Crippen LogP contribution in [0.2, 0.25) is 0 Å². The van der Waals surface area contributed by atoms with Gasteiger partial charge in [-0.2, -0.15) is 0 Å². The van der Waals surface area contributed by atoms with E-state index in [0.29, 0.717) is 18.7 Å². The Kier molecular flexibility index (Phi) is 6.13. The molecular weight excluding hydrogens is 440 g/mol. The number of hydrogen-bond donors (Lipinski definition) is 2. The normalized spacial score (nSPS) is 15.8. The number of morpholine rings is 1. The topological polar surface area (TPSA) is 88.1 Å². The predicted molar refractivity (Wildman–Crippen MR) is 126 cm³/mol. The number of aromatic hydroxyl groups is 1. The number of benzene rings is 2. The van der Waals surface area contributed by atoms with Gasteiger partial charge >= 0.3 is 5.97 Å². The molecule has 0 aliphatic carbocycles. The maximum atomic E-state index is 12.5. The van der Waals surface area contributed by atoms with E-state index >= 15 is 0 Å². The summed E-state index contributed by atoms with van der Waals surface area (Å²) in [7, 11) is 0. The lowest BCUT2D eigenvalue weighted by molar-refractivity contribution is 0.0383. The maximum Gasteiger partial charge on any atom is 0.338 e. The summed E-state index contributed by atoms with van der Waals surface area (Å²) in [5.74, 6) is -0.599.